The van der Waals surface area contributed by atoms with Gasteiger partial charge in [0.15, 0.2) is 16.5 Å². The van der Waals surface area contributed by atoms with Gasteiger partial charge in [-0.15, -0.1) is 0 Å². The van der Waals surface area contributed by atoms with Gasteiger partial charge in [-0.3, -0.25) is 14.7 Å². The number of anilines is 1. The highest BCUT2D eigenvalue weighted by Gasteiger charge is 2.55. The maximum Gasteiger partial charge on any atom is 0.414 e. The highest BCUT2D eigenvalue weighted by Crippen LogP contribution is 2.47. The standard InChI is InChI=1S/C19H25FN4O3S/c1-17(2)23-11-6-7-13(20)12(10-11)18(3)14-8-9-21-28(14)19(4,26-5)15(24-18)22-16(25)27-17/h6-7,10,14,23H,8-9H2,1-5H3,(H,22,24,25)/t14-,18+,19?,28-/m0/s1. The predicted molar refractivity (Wildman–Crippen MR) is 107 cm³/mol. The second-order valence-corrected chi connectivity index (χ2v) is 10.3. The molecule has 28 heavy (non-hydrogen) atoms. The van der Waals surface area contributed by atoms with Gasteiger partial charge in [0.05, 0.1) is 0 Å². The van der Waals surface area contributed by atoms with Crippen molar-refractivity contribution in [3.63, 3.8) is 0 Å². The number of hydrogen-bond donors (Lipinski definition) is 2. The minimum absolute atomic E-state index is 0.0301. The summed E-state index contributed by atoms with van der Waals surface area (Å²) in [5, 5.41) is 5.88. The lowest BCUT2D eigenvalue weighted by Gasteiger charge is -2.45. The third kappa shape index (κ3) is 2.83. The van der Waals surface area contributed by atoms with Crippen LogP contribution in [0.2, 0.25) is 0 Å². The molecule has 4 bridgehead atoms. The molecule has 3 heterocycles. The predicted octanol–water partition coefficient (Wildman–Crippen LogP) is 3.28. The Kier molecular flexibility index (Phi) is 4.31. The average molecular weight is 408 g/mol. The summed E-state index contributed by atoms with van der Waals surface area (Å²) >= 11 is 0. The molecule has 3 aliphatic heterocycles. The van der Waals surface area contributed by atoms with Crippen LogP contribution in [0.15, 0.2) is 27.6 Å². The lowest BCUT2D eigenvalue weighted by Crippen LogP contribution is -2.60. The van der Waals surface area contributed by atoms with Gasteiger partial charge in [0, 0.05) is 30.2 Å². The number of benzene rings is 1. The van der Waals surface area contributed by atoms with Crippen LogP contribution in [0.5, 0.6) is 0 Å². The number of carbonyl (C=O) groups is 1. The molecule has 0 radical (unpaired) electrons. The molecular formula is C19H25FN4O3S. The summed E-state index contributed by atoms with van der Waals surface area (Å²) in [4.78, 5) is 16.6. The molecule has 152 valence electrons. The highest BCUT2D eigenvalue weighted by atomic mass is 32.2. The number of nitrogens with zero attached hydrogens (tertiary/aromatic N) is 2. The van der Waals surface area contributed by atoms with Crippen molar-refractivity contribution < 1.29 is 18.7 Å². The van der Waals surface area contributed by atoms with Crippen molar-refractivity contribution in [3.8, 4) is 0 Å². The minimum atomic E-state index is -1.01. The van der Waals surface area contributed by atoms with E-state index in [0.29, 0.717) is 23.6 Å². The first-order valence-electron chi connectivity index (χ1n) is 9.23. The maximum atomic E-state index is 15.0. The number of ether oxygens (including phenoxy) is 2. The Bertz CT molecular complexity index is 918. The maximum absolute atomic E-state index is 15.0. The molecule has 0 fully saturated rings. The number of rotatable bonds is 1. The number of halogens is 1. The Morgan fingerprint density at radius 1 is 1.32 bits per heavy atom. The summed E-state index contributed by atoms with van der Waals surface area (Å²) in [5.41, 5.74) is -0.769. The number of nitrogens with one attached hydrogen (secondary N) is 2. The molecule has 1 aromatic carbocycles. The molecule has 0 saturated carbocycles. The molecule has 0 spiro atoms. The van der Waals surface area contributed by atoms with E-state index in [1.54, 1.807) is 33.1 Å². The molecule has 4 atom stereocenters. The Morgan fingerprint density at radius 3 is 2.79 bits per heavy atom. The second kappa shape index (κ2) is 6.25. The number of alkyl carbamates (subject to hydrolysis) is 1. The number of amides is 1. The monoisotopic (exact) mass is 408 g/mol. The number of aliphatic imine (C=N–C) groups is 1. The van der Waals surface area contributed by atoms with Gasteiger partial charge in [0.1, 0.15) is 11.4 Å². The van der Waals surface area contributed by atoms with Gasteiger partial charge in [0.2, 0.25) is 0 Å². The smallest absolute Gasteiger partial charge is 0.414 e. The van der Waals surface area contributed by atoms with E-state index in [9.17, 15) is 4.79 Å². The largest absolute Gasteiger partial charge is 0.423 e. The fourth-order valence-electron chi connectivity index (χ4n) is 4.14. The van der Waals surface area contributed by atoms with Gasteiger partial charge in [-0.2, -0.15) is 0 Å². The molecule has 9 heteroatoms. The summed E-state index contributed by atoms with van der Waals surface area (Å²) < 4.78 is 31.2. The van der Waals surface area contributed by atoms with Crippen LogP contribution < -0.4 is 10.6 Å². The van der Waals surface area contributed by atoms with Gasteiger partial charge >= 0.3 is 6.09 Å². The van der Waals surface area contributed by atoms with Gasteiger partial charge in [0.25, 0.3) is 0 Å². The van der Waals surface area contributed by atoms with Crippen LogP contribution in [-0.2, 0) is 25.7 Å². The van der Waals surface area contributed by atoms with Gasteiger partial charge < -0.3 is 14.8 Å². The molecule has 0 saturated heterocycles. The Balaban J connectivity index is 2.00. The SMILES string of the molecule is COC1(C)C2=N[C@](C)(c3cc(ccc3F)NC(C)(C)OC(=O)N2)[C@@H]2CCN=[S@@]21. The molecule has 1 aromatic rings. The van der Waals surface area contributed by atoms with Crippen LogP contribution in [-0.4, -0.2) is 41.5 Å². The number of fused-ring (bicyclic) bond motifs is 6. The van der Waals surface area contributed by atoms with Gasteiger partial charge in [-0.1, -0.05) is 10.7 Å². The van der Waals surface area contributed by atoms with E-state index in [2.05, 4.69) is 10.6 Å². The molecule has 1 amide bonds. The van der Waals surface area contributed by atoms with Crippen molar-refractivity contribution in [2.45, 2.75) is 55.6 Å². The Hall–Kier alpha value is -2.00. The zero-order valence-corrected chi connectivity index (χ0v) is 17.4. The number of methoxy groups -OCH3 is 1. The molecule has 7 nitrogen and oxygen atoms in total. The van der Waals surface area contributed by atoms with Crippen LogP contribution in [0.1, 0.15) is 39.7 Å². The lowest BCUT2D eigenvalue weighted by atomic mass is 9.86. The van der Waals surface area contributed by atoms with Crippen LogP contribution in [0, 0.1) is 5.82 Å². The summed E-state index contributed by atoms with van der Waals surface area (Å²) in [7, 11) is 0.971. The van der Waals surface area contributed by atoms with Crippen molar-refractivity contribution in [2.75, 3.05) is 19.0 Å². The third-order valence-corrected chi connectivity index (χ3v) is 8.46. The molecule has 4 rings (SSSR count). The van der Waals surface area contributed by atoms with Crippen molar-refractivity contribution in [2.24, 2.45) is 9.36 Å². The summed E-state index contributed by atoms with van der Waals surface area (Å²) in [6, 6.07) is 4.82. The number of carbonyl (C=O) groups excluding carboxylic acids is 1. The van der Waals surface area contributed by atoms with E-state index < -0.39 is 33.0 Å². The normalized spacial score (nSPS) is 35.9. The molecule has 2 N–H and O–H groups in total. The fourth-order valence-corrected chi connectivity index (χ4v) is 6.82. The van der Waals surface area contributed by atoms with Crippen LogP contribution >= 0.6 is 0 Å². The first kappa shape index (κ1) is 19.3. The highest BCUT2D eigenvalue weighted by molar-refractivity contribution is 7.90. The zero-order chi connectivity index (χ0) is 20.3. The zero-order valence-electron chi connectivity index (χ0n) is 16.6. The van der Waals surface area contributed by atoms with Crippen molar-refractivity contribution in [1.82, 2.24) is 5.32 Å². The van der Waals surface area contributed by atoms with Crippen molar-refractivity contribution in [3.05, 3.63) is 29.6 Å². The van der Waals surface area contributed by atoms with Crippen molar-refractivity contribution >= 4 is 28.3 Å². The molecule has 0 aliphatic carbocycles. The fraction of sp³-hybridized carbons (Fsp3) is 0.579. The van der Waals surface area contributed by atoms with Crippen LogP contribution in [0.25, 0.3) is 0 Å². The summed E-state index contributed by atoms with van der Waals surface area (Å²) in [5.74, 6) is -0.0212. The molecule has 1 unspecified atom stereocenters. The van der Waals surface area contributed by atoms with Gasteiger partial charge in [-0.25, -0.2) is 9.18 Å². The quantitative estimate of drug-likeness (QED) is 0.747. The first-order valence-corrected chi connectivity index (χ1v) is 10.5. The minimum Gasteiger partial charge on any atom is -0.423 e. The van der Waals surface area contributed by atoms with E-state index in [1.807, 2.05) is 13.8 Å². The first-order chi connectivity index (χ1) is 13.1. The van der Waals surface area contributed by atoms with E-state index >= 15 is 4.39 Å². The lowest BCUT2D eigenvalue weighted by molar-refractivity contribution is 0.0609. The Labute approximate surface area is 166 Å². The molecule has 0 aromatic heterocycles. The average Bonchev–Trinajstić information content (AvgIpc) is 3.11. The van der Waals surface area contributed by atoms with E-state index in [-0.39, 0.29) is 11.1 Å². The number of hydrogen-bond acceptors (Lipinski definition) is 6. The Morgan fingerprint density at radius 2 is 2.07 bits per heavy atom. The van der Waals surface area contributed by atoms with E-state index in [0.717, 1.165) is 6.42 Å². The van der Waals surface area contributed by atoms with Crippen molar-refractivity contribution in [1.29, 1.82) is 0 Å². The van der Waals surface area contributed by atoms with E-state index in [1.165, 1.54) is 6.07 Å². The molecular weight excluding hydrogens is 383 g/mol. The second-order valence-electron chi connectivity index (χ2n) is 8.05. The summed E-state index contributed by atoms with van der Waals surface area (Å²) in [6.45, 7) is 7.88. The number of amidine groups is 1. The summed E-state index contributed by atoms with van der Waals surface area (Å²) in [6.07, 6.45) is 0.126. The topological polar surface area (TPSA) is 84.3 Å². The van der Waals surface area contributed by atoms with Crippen LogP contribution in [0.4, 0.5) is 14.9 Å². The van der Waals surface area contributed by atoms with Gasteiger partial charge in [-0.05, 0) is 52.3 Å². The molecule has 3 aliphatic rings. The third-order valence-electron chi connectivity index (χ3n) is 5.61. The van der Waals surface area contributed by atoms with E-state index in [4.69, 9.17) is 18.8 Å². The number of cyclic esters (lactones) is 1. The van der Waals surface area contributed by atoms with Crippen LogP contribution in [0.3, 0.4) is 0 Å².